The van der Waals surface area contributed by atoms with Crippen LogP contribution in [0.15, 0.2) is 33.7 Å². The molecular formula is C19H29IN6O2. The number of carbonyl (C=O) groups excluding carboxylic acids is 1. The van der Waals surface area contributed by atoms with Gasteiger partial charge in [0.1, 0.15) is 5.76 Å². The van der Waals surface area contributed by atoms with Gasteiger partial charge in [-0.2, -0.15) is 0 Å². The number of likely N-dealkylation sites (N-methyl/N-ethyl adjacent to an activating group) is 1. The number of aromatic nitrogens is 1. The molecule has 2 rings (SSSR count). The zero-order valence-electron chi connectivity index (χ0n) is 17.0. The molecule has 0 atom stereocenters. The summed E-state index contributed by atoms with van der Waals surface area (Å²) >= 11 is 0. The van der Waals surface area contributed by atoms with E-state index < -0.39 is 0 Å². The van der Waals surface area contributed by atoms with Gasteiger partial charge in [-0.1, -0.05) is 12.1 Å². The number of hydrogen-bond donors (Lipinski definition) is 3. The van der Waals surface area contributed by atoms with E-state index in [0.717, 1.165) is 22.7 Å². The van der Waals surface area contributed by atoms with Crippen LogP contribution in [0.1, 0.15) is 22.9 Å². The minimum atomic E-state index is -0.0425. The molecule has 1 heterocycles. The zero-order chi connectivity index (χ0) is 19.8. The molecular weight excluding hydrogens is 471 g/mol. The highest BCUT2D eigenvalue weighted by Crippen LogP contribution is 2.11. The normalized spacial score (nSPS) is 11.1. The number of hydrogen-bond acceptors (Lipinski definition) is 5. The fourth-order valence-electron chi connectivity index (χ4n) is 2.43. The van der Waals surface area contributed by atoms with Crippen molar-refractivity contribution in [1.82, 2.24) is 20.5 Å². The topological polar surface area (TPSA) is 94.8 Å². The molecule has 1 aromatic heterocycles. The summed E-state index contributed by atoms with van der Waals surface area (Å²) in [4.78, 5) is 22.2. The lowest BCUT2D eigenvalue weighted by atomic mass is 10.2. The molecule has 0 aliphatic heterocycles. The smallest absolute Gasteiger partial charge is 0.238 e. The van der Waals surface area contributed by atoms with Gasteiger partial charge in [0, 0.05) is 19.3 Å². The second kappa shape index (κ2) is 11.6. The maximum absolute atomic E-state index is 11.9. The maximum Gasteiger partial charge on any atom is 0.238 e. The Balaban J connectivity index is 0.00000392. The molecule has 8 nitrogen and oxygen atoms in total. The van der Waals surface area contributed by atoms with Crippen molar-refractivity contribution in [1.29, 1.82) is 0 Å². The van der Waals surface area contributed by atoms with Gasteiger partial charge in [-0.25, -0.2) is 4.98 Å². The first-order chi connectivity index (χ1) is 12.9. The summed E-state index contributed by atoms with van der Waals surface area (Å²) < 4.78 is 5.55. The number of aliphatic imine (C=N–C) groups is 1. The molecule has 0 fully saturated rings. The van der Waals surface area contributed by atoms with Crippen molar-refractivity contribution in [2.45, 2.75) is 26.9 Å². The summed E-state index contributed by atoms with van der Waals surface area (Å²) in [5.41, 5.74) is 2.70. The van der Waals surface area contributed by atoms with E-state index in [2.05, 4.69) is 25.9 Å². The number of guanidine groups is 1. The van der Waals surface area contributed by atoms with Crippen molar-refractivity contribution in [3.63, 3.8) is 0 Å². The Morgan fingerprint density at radius 2 is 1.93 bits per heavy atom. The van der Waals surface area contributed by atoms with Crippen molar-refractivity contribution in [3.8, 4) is 0 Å². The van der Waals surface area contributed by atoms with E-state index in [1.807, 2.05) is 57.1 Å². The second-order valence-electron chi connectivity index (χ2n) is 6.51. The van der Waals surface area contributed by atoms with Crippen molar-refractivity contribution in [2.24, 2.45) is 4.99 Å². The predicted molar refractivity (Wildman–Crippen MR) is 122 cm³/mol. The van der Waals surface area contributed by atoms with Crippen LogP contribution < -0.4 is 16.0 Å². The Labute approximate surface area is 183 Å². The highest BCUT2D eigenvalue weighted by atomic mass is 127. The van der Waals surface area contributed by atoms with Gasteiger partial charge in [0.15, 0.2) is 5.96 Å². The van der Waals surface area contributed by atoms with Crippen LogP contribution in [0.2, 0.25) is 0 Å². The van der Waals surface area contributed by atoms with Crippen LogP contribution in [0.4, 0.5) is 5.69 Å². The molecule has 2 aromatic rings. The van der Waals surface area contributed by atoms with Crippen LogP contribution in [0.5, 0.6) is 0 Å². The molecule has 154 valence electrons. The molecule has 0 spiro atoms. The lowest BCUT2D eigenvalue weighted by Crippen LogP contribution is -2.36. The molecule has 0 bridgehead atoms. The summed E-state index contributed by atoms with van der Waals surface area (Å²) in [6.45, 7) is 5.18. The fraction of sp³-hybridized carbons (Fsp3) is 0.421. The number of aryl methyl sites for hydroxylation is 2. The Bertz CT molecular complexity index is 784. The van der Waals surface area contributed by atoms with Crippen molar-refractivity contribution >= 4 is 41.5 Å². The minimum Gasteiger partial charge on any atom is -0.444 e. The van der Waals surface area contributed by atoms with E-state index in [0.29, 0.717) is 31.5 Å². The van der Waals surface area contributed by atoms with E-state index in [1.54, 1.807) is 7.05 Å². The lowest BCUT2D eigenvalue weighted by molar-refractivity contribution is -0.116. The lowest BCUT2D eigenvalue weighted by Gasteiger charge is -2.13. The number of amides is 1. The number of anilines is 1. The third kappa shape index (κ3) is 7.85. The van der Waals surface area contributed by atoms with Crippen molar-refractivity contribution < 1.29 is 9.21 Å². The summed E-state index contributed by atoms with van der Waals surface area (Å²) in [6, 6.07) is 7.71. The summed E-state index contributed by atoms with van der Waals surface area (Å²) in [5.74, 6) is 2.05. The van der Waals surface area contributed by atoms with Crippen LogP contribution in [0.3, 0.4) is 0 Å². The summed E-state index contributed by atoms with van der Waals surface area (Å²) in [6.07, 6.45) is 0. The van der Waals surface area contributed by atoms with Crippen molar-refractivity contribution in [3.05, 3.63) is 47.2 Å². The maximum atomic E-state index is 11.9. The van der Waals surface area contributed by atoms with Gasteiger partial charge < -0.3 is 25.3 Å². The van der Waals surface area contributed by atoms with E-state index in [1.165, 1.54) is 0 Å². The average molecular weight is 500 g/mol. The molecule has 0 saturated carbocycles. The van der Waals surface area contributed by atoms with Gasteiger partial charge in [0.05, 0.1) is 18.8 Å². The monoisotopic (exact) mass is 500 g/mol. The molecule has 1 amide bonds. The minimum absolute atomic E-state index is 0. The molecule has 0 saturated heterocycles. The molecule has 0 unspecified atom stereocenters. The third-order valence-corrected chi connectivity index (χ3v) is 3.83. The fourth-order valence-corrected chi connectivity index (χ4v) is 2.43. The molecule has 0 radical (unpaired) electrons. The Hall–Kier alpha value is -2.14. The standard InChI is InChI=1S/C19H28N6O2.HI/c1-13-14(2)27-18(23-13)11-22-19(20-3)21-10-15-7-6-8-16(9-15)24-17(26)12-25(4)5;/h6-9H,10-12H2,1-5H3,(H,24,26)(H2,20,21,22);1H. The summed E-state index contributed by atoms with van der Waals surface area (Å²) in [5, 5.41) is 9.31. The highest BCUT2D eigenvalue weighted by molar-refractivity contribution is 14.0. The molecule has 0 aliphatic carbocycles. The quantitative estimate of drug-likeness (QED) is 0.307. The average Bonchev–Trinajstić information content (AvgIpc) is 2.92. The third-order valence-electron chi connectivity index (χ3n) is 3.83. The number of nitrogens with zero attached hydrogens (tertiary/aromatic N) is 3. The second-order valence-corrected chi connectivity index (χ2v) is 6.51. The van der Waals surface area contributed by atoms with Gasteiger partial charge >= 0.3 is 0 Å². The number of halogens is 1. The van der Waals surface area contributed by atoms with E-state index in [-0.39, 0.29) is 29.9 Å². The van der Waals surface area contributed by atoms with E-state index in [4.69, 9.17) is 4.42 Å². The Kier molecular flexibility index (Phi) is 9.94. The first kappa shape index (κ1) is 23.9. The SMILES string of the molecule is CN=C(NCc1cccc(NC(=O)CN(C)C)c1)NCc1nc(C)c(C)o1.I. The highest BCUT2D eigenvalue weighted by Gasteiger charge is 2.07. The molecule has 9 heteroatoms. The van der Waals surface area contributed by atoms with Crippen molar-refractivity contribution in [2.75, 3.05) is 33.0 Å². The van der Waals surface area contributed by atoms with Crippen LogP contribution in [-0.4, -0.2) is 49.4 Å². The van der Waals surface area contributed by atoms with Crippen LogP contribution in [0.25, 0.3) is 0 Å². The molecule has 28 heavy (non-hydrogen) atoms. The van der Waals surface area contributed by atoms with Gasteiger partial charge in [0.2, 0.25) is 11.8 Å². The van der Waals surface area contributed by atoms with Crippen LogP contribution >= 0.6 is 24.0 Å². The number of nitrogens with one attached hydrogen (secondary N) is 3. The van der Waals surface area contributed by atoms with Gasteiger partial charge in [-0.3, -0.25) is 9.79 Å². The molecule has 0 aliphatic rings. The van der Waals surface area contributed by atoms with Gasteiger partial charge in [-0.15, -0.1) is 24.0 Å². The Morgan fingerprint density at radius 1 is 1.21 bits per heavy atom. The van der Waals surface area contributed by atoms with Crippen LogP contribution in [-0.2, 0) is 17.9 Å². The molecule has 3 N–H and O–H groups in total. The predicted octanol–water partition coefficient (Wildman–Crippen LogP) is 2.27. The first-order valence-corrected chi connectivity index (χ1v) is 8.78. The van der Waals surface area contributed by atoms with Gasteiger partial charge in [-0.05, 0) is 45.6 Å². The summed E-state index contributed by atoms with van der Waals surface area (Å²) in [7, 11) is 5.43. The largest absolute Gasteiger partial charge is 0.444 e. The Morgan fingerprint density at radius 3 is 2.54 bits per heavy atom. The first-order valence-electron chi connectivity index (χ1n) is 8.78. The van der Waals surface area contributed by atoms with Gasteiger partial charge in [0.25, 0.3) is 0 Å². The van der Waals surface area contributed by atoms with Crippen LogP contribution in [0, 0.1) is 13.8 Å². The van der Waals surface area contributed by atoms with E-state index in [9.17, 15) is 4.79 Å². The number of oxazole rings is 1. The number of benzene rings is 1. The number of rotatable bonds is 7. The zero-order valence-corrected chi connectivity index (χ0v) is 19.3. The molecule has 1 aromatic carbocycles. The van der Waals surface area contributed by atoms with E-state index >= 15 is 0 Å². The number of carbonyl (C=O) groups is 1.